The highest BCUT2D eigenvalue weighted by Gasteiger charge is 2.43. The summed E-state index contributed by atoms with van der Waals surface area (Å²) in [6.07, 6.45) is -0.134. The third-order valence-corrected chi connectivity index (χ3v) is 6.97. The van der Waals surface area contributed by atoms with Crippen molar-refractivity contribution in [2.45, 2.75) is 98.9 Å². The first-order valence-electron chi connectivity index (χ1n) is 12.9. The normalized spacial score (nSPS) is 13.3. The Bertz CT molecular complexity index is 1150. The molecule has 0 aliphatic carbocycles. The fourth-order valence-electron chi connectivity index (χ4n) is 4.32. The number of carbonyl (C=O) groups is 3. The minimum atomic E-state index is -0.989. The number of amides is 3. The molecule has 2 aromatic rings. The Kier molecular flexibility index (Phi) is 10.0. The lowest BCUT2D eigenvalue weighted by atomic mass is 9.88. The molecule has 0 heterocycles. The average molecular weight is 544 g/mol. The number of nitrogens with zero attached hydrogens (tertiary/aromatic N) is 1. The van der Waals surface area contributed by atoms with Gasteiger partial charge in [0.05, 0.1) is 10.7 Å². The van der Waals surface area contributed by atoms with Gasteiger partial charge in [0, 0.05) is 5.54 Å². The smallest absolute Gasteiger partial charge is 0.408 e. The average Bonchev–Trinajstić information content (AvgIpc) is 2.78. The van der Waals surface area contributed by atoms with Crippen molar-refractivity contribution in [2.75, 3.05) is 5.32 Å². The van der Waals surface area contributed by atoms with Crippen LogP contribution in [0.3, 0.4) is 0 Å². The SMILES string of the molecule is CCC(C)(C)N(C(=O)C(C)NC(=O)OC(C)(C)C)C(C(=O)Nc1c(C)cccc1Cl)c1c(C)cccc1C. The number of halogens is 1. The number of para-hydroxylation sites is 1. The minimum Gasteiger partial charge on any atom is -0.444 e. The van der Waals surface area contributed by atoms with Crippen molar-refractivity contribution in [1.82, 2.24) is 10.2 Å². The largest absolute Gasteiger partial charge is 0.444 e. The predicted molar refractivity (Wildman–Crippen MR) is 154 cm³/mol. The second-order valence-corrected chi connectivity index (χ2v) is 11.8. The van der Waals surface area contributed by atoms with Gasteiger partial charge in [-0.1, -0.05) is 48.9 Å². The molecule has 2 N–H and O–H groups in total. The van der Waals surface area contributed by atoms with Gasteiger partial charge in [0.15, 0.2) is 0 Å². The Morgan fingerprint density at radius 2 is 1.47 bits per heavy atom. The van der Waals surface area contributed by atoms with Gasteiger partial charge in [-0.15, -0.1) is 0 Å². The third-order valence-electron chi connectivity index (χ3n) is 6.65. The number of aryl methyl sites for hydroxylation is 3. The molecule has 0 saturated heterocycles. The number of carbonyl (C=O) groups excluding carboxylic acids is 3. The summed E-state index contributed by atoms with van der Waals surface area (Å²) in [5.74, 6) is -0.792. The number of ether oxygens (including phenoxy) is 1. The molecule has 0 fully saturated rings. The van der Waals surface area contributed by atoms with E-state index in [1.165, 1.54) is 0 Å². The summed E-state index contributed by atoms with van der Waals surface area (Å²) in [7, 11) is 0. The molecule has 3 amide bonds. The highest BCUT2D eigenvalue weighted by molar-refractivity contribution is 6.34. The number of alkyl carbamates (subject to hydrolysis) is 1. The highest BCUT2D eigenvalue weighted by Crippen LogP contribution is 2.37. The molecule has 0 aliphatic heterocycles. The van der Waals surface area contributed by atoms with Crippen LogP contribution in [0.1, 0.15) is 83.2 Å². The van der Waals surface area contributed by atoms with Crippen molar-refractivity contribution >= 4 is 35.2 Å². The molecule has 2 rings (SSSR count). The summed E-state index contributed by atoms with van der Waals surface area (Å²) < 4.78 is 5.37. The zero-order valence-electron chi connectivity index (χ0n) is 24.3. The molecular formula is C30H42ClN3O4. The molecule has 8 heteroatoms. The third kappa shape index (κ3) is 7.50. The Morgan fingerprint density at radius 1 is 0.947 bits per heavy atom. The van der Waals surface area contributed by atoms with Crippen LogP contribution in [0, 0.1) is 20.8 Å². The van der Waals surface area contributed by atoms with Crippen LogP contribution in [-0.2, 0) is 14.3 Å². The molecule has 0 radical (unpaired) electrons. The zero-order chi connectivity index (χ0) is 29.0. The minimum absolute atomic E-state index is 0.391. The van der Waals surface area contributed by atoms with E-state index in [2.05, 4.69) is 10.6 Å². The Hall–Kier alpha value is -3.06. The van der Waals surface area contributed by atoms with Crippen LogP contribution in [0.4, 0.5) is 10.5 Å². The lowest BCUT2D eigenvalue weighted by Gasteiger charge is -2.45. The quantitative estimate of drug-likeness (QED) is 0.380. The first-order valence-corrected chi connectivity index (χ1v) is 13.3. The number of rotatable bonds is 8. The molecule has 2 unspecified atom stereocenters. The van der Waals surface area contributed by atoms with Crippen molar-refractivity contribution in [1.29, 1.82) is 0 Å². The molecule has 7 nitrogen and oxygen atoms in total. The van der Waals surface area contributed by atoms with Crippen LogP contribution in [0.25, 0.3) is 0 Å². The molecular weight excluding hydrogens is 502 g/mol. The van der Waals surface area contributed by atoms with Crippen LogP contribution in [0.15, 0.2) is 36.4 Å². The zero-order valence-corrected chi connectivity index (χ0v) is 25.0. The van der Waals surface area contributed by atoms with Gasteiger partial charge in [-0.05, 0) is 97.1 Å². The van der Waals surface area contributed by atoms with Gasteiger partial charge in [0.2, 0.25) is 5.91 Å². The van der Waals surface area contributed by atoms with Crippen LogP contribution in [0.2, 0.25) is 5.02 Å². The molecule has 208 valence electrons. The highest BCUT2D eigenvalue weighted by atomic mass is 35.5. The first-order chi connectivity index (χ1) is 17.5. The molecule has 0 spiro atoms. The van der Waals surface area contributed by atoms with Gasteiger partial charge in [0.1, 0.15) is 17.7 Å². The van der Waals surface area contributed by atoms with Gasteiger partial charge >= 0.3 is 6.09 Å². The van der Waals surface area contributed by atoms with E-state index in [1.54, 1.807) is 38.7 Å². The van der Waals surface area contributed by atoms with Crippen LogP contribution in [-0.4, -0.2) is 40.0 Å². The Morgan fingerprint density at radius 3 is 1.97 bits per heavy atom. The Balaban J connectivity index is 2.66. The van der Waals surface area contributed by atoms with Crippen molar-refractivity contribution in [3.63, 3.8) is 0 Å². The van der Waals surface area contributed by atoms with E-state index < -0.39 is 41.1 Å². The van der Waals surface area contributed by atoms with Crippen molar-refractivity contribution in [3.8, 4) is 0 Å². The molecule has 0 aliphatic rings. The number of benzene rings is 2. The van der Waals surface area contributed by atoms with E-state index in [9.17, 15) is 14.4 Å². The summed E-state index contributed by atoms with van der Waals surface area (Å²) in [6, 6.07) is 9.22. The molecule has 0 aromatic heterocycles. The van der Waals surface area contributed by atoms with Gasteiger partial charge in [-0.25, -0.2) is 4.79 Å². The maximum absolute atomic E-state index is 14.2. The van der Waals surface area contributed by atoms with Gasteiger partial charge < -0.3 is 20.3 Å². The van der Waals surface area contributed by atoms with Crippen molar-refractivity contribution in [3.05, 3.63) is 63.7 Å². The fourth-order valence-corrected chi connectivity index (χ4v) is 4.59. The summed E-state index contributed by atoms with van der Waals surface area (Å²) in [4.78, 5) is 42.4. The molecule has 0 saturated carbocycles. The van der Waals surface area contributed by atoms with E-state index in [0.29, 0.717) is 17.1 Å². The fraction of sp³-hybridized carbons (Fsp3) is 0.500. The van der Waals surface area contributed by atoms with Crippen molar-refractivity contribution < 1.29 is 19.1 Å². The summed E-state index contributed by atoms with van der Waals surface area (Å²) in [5, 5.41) is 6.06. The maximum Gasteiger partial charge on any atom is 0.408 e. The summed E-state index contributed by atoms with van der Waals surface area (Å²) >= 11 is 6.45. The molecule has 2 atom stereocenters. The van der Waals surface area contributed by atoms with Gasteiger partial charge in [0.25, 0.3) is 5.91 Å². The second-order valence-electron chi connectivity index (χ2n) is 11.4. The molecule has 0 bridgehead atoms. The predicted octanol–water partition coefficient (Wildman–Crippen LogP) is 6.88. The number of hydrogen-bond donors (Lipinski definition) is 2. The van der Waals surface area contributed by atoms with E-state index in [0.717, 1.165) is 22.3 Å². The number of hydrogen-bond acceptors (Lipinski definition) is 4. The monoisotopic (exact) mass is 543 g/mol. The maximum atomic E-state index is 14.2. The number of anilines is 1. The van der Waals surface area contributed by atoms with Crippen molar-refractivity contribution in [2.24, 2.45) is 0 Å². The summed E-state index contributed by atoms with van der Waals surface area (Å²) in [6.45, 7) is 18.4. The molecule has 2 aromatic carbocycles. The summed E-state index contributed by atoms with van der Waals surface area (Å²) in [5.41, 5.74) is 2.32. The first kappa shape index (κ1) is 31.2. The van der Waals surface area contributed by atoms with E-state index in [-0.39, 0.29) is 0 Å². The standard InChI is InChI=1S/C30H42ClN3O4/c1-11-30(9,10)34(27(36)21(5)32-28(37)38-29(6,7)8)25(23-18(2)14-12-15-19(23)3)26(35)33-24-20(4)16-13-17-22(24)31/h12-17,21,25H,11H2,1-10H3,(H,32,37)(H,33,35). The topological polar surface area (TPSA) is 87.7 Å². The van der Waals surface area contributed by atoms with Gasteiger partial charge in [-0.2, -0.15) is 0 Å². The molecule has 38 heavy (non-hydrogen) atoms. The van der Waals surface area contributed by atoms with Crippen LogP contribution >= 0.6 is 11.6 Å². The van der Waals surface area contributed by atoms with Gasteiger partial charge in [-0.3, -0.25) is 9.59 Å². The Labute approximate surface area is 232 Å². The lowest BCUT2D eigenvalue weighted by Crippen LogP contribution is -2.58. The second kappa shape index (κ2) is 12.2. The lowest BCUT2D eigenvalue weighted by molar-refractivity contribution is -0.147. The van der Waals surface area contributed by atoms with E-state index in [1.807, 2.05) is 71.9 Å². The van der Waals surface area contributed by atoms with E-state index >= 15 is 0 Å². The van der Waals surface area contributed by atoms with E-state index in [4.69, 9.17) is 16.3 Å². The van der Waals surface area contributed by atoms with Crippen LogP contribution < -0.4 is 10.6 Å². The van der Waals surface area contributed by atoms with Crippen LogP contribution in [0.5, 0.6) is 0 Å². The number of nitrogens with one attached hydrogen (secondary N) is 2.